The number of nitriles is 1. The molecule has 0 aliphatic heterocycles. The standard InChI is InChI=1S/C7H13F2NSi/c1-7(11(2,8)9)5-3-4-6-10/h7H,3-5H2,1-2H3. The highest BCUT2D eigenvalue weighted by molar-refractivity contribution is 6.66. The molecule has 0 saturated heterocycles. The number of nitrogens with zero attached hydrogens (tertiary/aromatic N) is 1. The Labute approximate surface area is 67.4 Å². The number of hydrogen-bond acceptors (Lipinski definition) is 1. The van der Waals surface area contributed by atoms with E-state index in [9.17, 15) is 8.22 Å². The smallest absolute Gasteiger partial charge is 0.270 e. The van der Waals surface area contributed by atoms with Crippen LogP contribution in [0.5, 0.6) is 0 Å². The highest BCUT2D eigenvalue weighted by Gasteiger charge is 2.35. The first-order valence-corrected chi connectivity index (χ1v) is 6.06. The second kappa shape index (κ2) is 4.45. The lowest BCUT2D eigenvalue weighted by Gasteiger charge is -2.14. The van der Waals surface area contributed by atoms with Gasteiger partial charge < -0.3 is 0 Å². The largest absolute Gasteiger partial charge is 0.424 e. The van der Waals surface area contributed by atoms with Crippen molar-refractivity contribution in [3.05, 3.63) is 0 Å². The molecular formula is C7H13F2NSi. The van der Waals surface area contributed by atoms with Gasteiger partial charge in [-0.3, -0.25) is 8.22 Å². The molecule has 64 valence electrons. The molecule has 11 heavy (non-hydrogen) atoms. The van der Waals surface area contributed by atoms with Gasteiger partial charge in [0, 0.05) is 12.0 Å². The predicted molar refractivity (Wildman–Crippen MR) is 42.7 cm³/mol. The van der Waals surface area contributed by atoms with Gasteiger partial charge >= 0.3 is 8.74 Å². The summed E-state index contributed by atoms with van der Waals surface area (Å²) < 4.78 is 25.2. The third kappa shape index (κ3) is 4.91. The first-order valence-electron chi connectivity index (χ1n) is 3.73. The Morgan fingerprint density at radius 2 is 2.09 bits per heavy atom. The average molecular weight is 177 g/mol. The molecule has 0 bridgehead atoms. The molecule has 0 rings (SSSR count). The Morgan fingerprint density at radius 3 is 2.45 bits per heavy atom. The summed E-state index contributed by atoms with van der Waals surface area (Å²) >= 11 is 0. The lowest BCUT2D eigenvalue weighted by molar-refractivity contribution is 0.543. The van der Waals surface area contributed by atoms with E-state index in [1.165, 1.54) is 0 Å². The summed E-state index contributed by atoms with van der Waals surface area (Å²) in [5.41, 5.74) is -0.476. The molecule has 0 amide bonds. The first kappa shape index (κ1) is 10.6. The Kier molecular flexibility index (Phi) is 4.27. The summed E-state index contributed by atoms with van der Waals surface area (Å²) in [6.07, 6.45) is 1.49. The minimum Gasteiger partial charge on any atom is -0.270 e. The molecule has 0 aromatic carbocycles. The van der Waals surface area contributed by atoms with Gasteiger partial charge in [-0.15, -0.1) is 0 Å². The normalized spacial score (nSPS) is 14.1. The molecule has 1 unspecified atom stereocenters. The molecule has 0 heterocycles. The monoisotopic (exact) mass is 177 g/mol. The van der Waals surface area contributed by atoms with Gasteiger partial charge in [-0.2, -0.15) is 5.26 Å². The van der Waals surface area contributed by atoms with E-state index >= 15 is 0 Å². The Hall–Kier alpha value is -0.433. The van der Waals surface area contributed by atoms with Crippen LogP contribution in [-0.4, -0.2) is 8.74 Å². The lowest BCUT2D eigenvalue weighted by Crippen LogP contribution is -2.22. The lowest BCUT2D eigenvalue weighted by atomic mass is 10.2. The Bertz CT molecular complexity index is 148. The fourth-order valence-corrected chi connectivity index (χ4v) is 1.45. The van der Waals surface area contributed by atoms with E-state index in [4.69, 9.17) is 5.26 Å². The maximum Gasteiger partial charge on any atom is 0.424 e. The summed E-state index contributed by atoms with van der Waals surface area (Å²) in [6.45, 7) is 2.63. The van der Waals surface area contributed by atoms with Crippen LogP contribution in [0.25, 0.3) is 0 Å². The maximum atomic E-state index is 12.6. The van der Waals surface area contributed by atoms with Crippen LogP contribution < -0.4 is 0 Å². The molecule has 0 saturated carbocycles. The van der Waals surface area contributed by atoms with Gasteiger partial charge in [-0.1, -0.05) is 6.92 Å². The van der Waals surface area contributed by atoms with Crippen molar-refractivity contribution < 1.29 is 8.22 Å². The number of rotatable bonds is 4. The van der Waals surface area contributed by atoms with E-state index in [0.717, 1.165) is 6.55 Å². The van der Waals surface area contributed by atoms with Gasteiger partial charge in [-0.25, -0.2) is 0 Å². The third-order valence-corrected chi connectivity index (χ3v) is 3.81. The van der Waals surface area contributed by atoms with Gasteiger partial charge in [0.05, 0.1) is 6.07 Å². The van der Waals surface area contributed by atoms with Crippen LogP contribution in [0.2, 0.25) is 12.1 Å². The van der Waals surface area contributed by atoms with Crippen molar-refractivity contribution in [3.63, 3.8) is 0 Å². The van der Waals surface area contributed by atoms with Crippen LogP contribution in [-0.2, 0) is 0 Å². The number of hydrogen-bond donors (Lipinski definition) is 0. The van der Waals surface area contributed by atoms with E-state index in [1.54, 1.807) is 6.92 Å². The van der Waals surface area contributed by atoms with Crippen molar-refractivity contribution in [3.8, 4) is 6.07 Å². The van der Waals surface area contributed by atoms with Gasteiger partial charge in [0.2, 0.25) is 0 Å². The van der Waals surface area contributed by atoms with Crippen LogP contribution in [0, 0.1) is 11.3 Å². The zero-order chi connectivity index (χ0) is 8.91. The van der Waals surface area contributed by atoms with Crippen molar-refractivity contribution in [2.75, 3.05) is 0 Å². The number of unbranched alkanes of at least 4 members (excludes halogenated alkanes) is 1. The summed E-state index contributed by atoms with van der Waals surface area (Å²) in [4.78, 5) is 0. The van der Waals surface area contributed by atoms with Crippen LogP contribution in [0.1, 0.15) is 26.2 Å². The van der Waals surface area contributed by atoms with Crippen molar-refractivity contribution >= 4 is 8.74 Å². The highest BCUT2D eigenvalue weighted by Crippen LogP contribution is 2.28. The molecule has 0 aliphatic carbocycles. The van der Waals surface area contributed by atoms with E-state index in [0.29, 0.717) is 19.3 Å². The third-order valence-electron chi connectivity index (χ3n) is 1.79. The zero-order valence-electron chi connectivity index (χ0n) is 6.90. The average Bonchev–Trinajstić information content (AvgIpc) is 1.86. The molecule has 0 N–H and O–H groups in total. The SMILES string of the molecule is CC(CCCC#N)[Si](C)(F)F. The van der Waals surface area contributed by atoms with Crippen molar-refractivity contribution in [1.29, 1.82) is 5.26 Å². The van der Waals surface area contributed by atoms with Gasteiger partial charge in [0.25, 0.3) is 0 Å². The minimum atomic E-state index is -3.92. The Balaban J connectivity index is 3.55. The fourth-order valence-electron chi connectivity index (χ4n) is 0.741. The molecule has 0 aromatic heterocycles. The molecule has 0 fully saturated rings. The topological polar surface area (TPSA) is 23.8 Å². The van der Waals surface area contributed by atoms with Gasteiger partial charge in [-0.05, 0) is 19.4 Å². The van der Waals surface area contributed by atoms with Crippen molar-refractivity contribution in [2.45, 2.75) is 38.3 Å². The van der Waals surface area contributed by atoms with Crippen LogP contribution in [0.4, 0.5) is 8.22 Å². The first-order chi connectivity index (χ1) is 4.98. The van der Waals surface area contributed by atoms with E-state index < -0.39 is 14.3 Å². The molecule has 1 nitrogen and oxygen atoms in total. The fraction of sp³-hybridized carbons (Fsp3) is 0.857. The molecule has 0 aromatic rings. The van der Waals surface area contributed by atoms with E-state index in [2.05, 4.69) is 0 Å². The summed E-state index contributed by atoms with van der Waals surface area (Å²) in [5, 5.41) is 8.16. The molecular weight excluding hydrogens is 164 g/mol. The zero-order valence-corrected chi connectivity index (χ0v) is 7.90. The molecule has 4 heteroatoms. The van der Waals surface area contributed by atoms with Gasteiger partial charge in [0.1, 0.15) is 0 Å². The molecule has 0 spiro atoms. The van der Waals surface area contributed by atoms with Crippen LogP contribution in [0.3, 0.4) is 0 Å². The number of halogens is 2. The van der Waals surface area contributed by atoms with Crippen LogP contribution >= 0.6 is 0 Å². The quantitative estimate of drug-likeness (QED) is 0.368. The van der Waals surface area contributed by atoms with Crippen molar-refractivity contribution in [1.82, 2.24) is 0 Å². The minimum absolute atomic E-state index is 0.398. The summed E-state index contributed by atoms with van der Waals surface area (Å²) in [6, 6.07) is 1.95. The maximum absolute atomic E-state index is 12.6. The second-order valence-electron chi connectivity index (χ2n) is 2.91. The van der Waals surface area contributed by atoms with E-state index in [-0.39, 0.29) is 0 Å². The van der Waals surface area contributed by atoms with E-state index in [1.807, 2.05) is 6.07 Å². The summed E-state index contributed by atoms with van der Waals surface area (Å²) in [7, 11) is -3.92. The van der Waals surface area contributed by atoms with Crippen LogP contribution in [0.15, 0.2) is 0 Å². The molecule has 1 atom stereocenters. The summed E-state index contributed by atoms with van der Waals surface area (Å²) in [5.74, 6) is 0. The van der Waals surface area contributed by atoms with Gasteiger partial charge in [0.15, 0.2) is 0 Å². The van der Waals surface area contributed by atoms with Crippen molar-refractivity contribution in [2.24, 2.45) is 0 Å². The molecule has 0 aliphatic rings. The highest BCUT2D eigenvalue weighted by atomic mass is 28.4. The molecule has 0 radical (unpaired) electrons. The Morgan fingerprint density at radius 1 is 1.55 bits per heavy atom. The predicted octanol–water partition coefficient (Wildman–Crippen LogP) is 3.08. The second-order valence-corrected chi connectivity index (χ2v) is 5.81.